The first kappa shape index (κ1) is 7.37. The van der Waals surface area contributed by atoms with Crippen LogP contribution in [0.5, 0.6) is 11.5 Å². The largest absolute Gasteiger partial charge is 0.493 e. The molecule has 1 N–H and O–H groups in total. The quantitative estimate of drug-likeness (QED) is 0.799. The smallest absolute Gasteiger partial charge is 0.165 e. The van der Waals surface area contributed by atoms with E-state index in [1.54, 1.807) is 0 Å². The van der Waals surface area contributed by atoms with Gasteiger partial charge in [0, 0.05) is 29.8 Å². The van der Waals surface area contributed by atoms with Gasteiger partial charge in [0.25, 0.3) is 0 Å². The van der Waals surface area contributed by atoms with E-state index in [-0.39, 0.29) is 36.1 Å². The summed E-state index contributed by atoms with van der Waals surface area (Å²) >= 11 is 0. The Kier molecular flexibility index (Phi) is 1.36. The zero-order chi connectivity index (χ0) is 22.0. The molecule has 116 valence electrons. The summed E-state index contributed by atoms with van der Waals surface area (Å²) in [7, 11) is 1.32. The first-order valence-electron chi connectivity index (χ1n) is 11.4. The molecule has 5 atom stereocenters. The molecule has 4 aliphatic rings. The number of benzene rings is 1. The second-order valence-electron chi connectivity index (χ2n) is 6.24. The van der Waals surface area contributed by atoms with E-state index < -0.39 is 48.9 Å². The van der Waals surface area contributed by atoms with E-state index in [4.69, 9.17) is 20.4 Å². The van der Waals surface area contributed by atoms with Gasteiger partial charge in [-0.3, -0.25) is 0 Å². The predicted molar refractivity (Wildman–Crippen MR) is 82.5 cm³/mol. The summed E-state index contributed by atoms with van der Waals surface area (Å²) in [6.45, 7) is -2.56. The van der Waals surface area contributed by atoms with Crippen molar-refractivity contribution in [3.05, 3.63) is 35.4 Å². The summed E-state index contributed by atoms with van der Waals surface area (Å²) < 4.78 is 78.4. The van der Waals surface area contributed by atoms with Crippen LogP contribution >= 0.6 is 0 Å². The maximum absolute atomic E-state index is 10.8. The third-order valence-corrected chi connectivity index (χ3v) is 5.43. The molecule has 0 aromatic heterocycles. The Balaban J connectivity index is 1.92. The molecule has 2 unspecified atom stereocenters. The minimum absolute atomic E-state index is 0.0120. The van der Waals surface area contributed by atoms with Crippen LogP contribution in [0.25, 0.3) is 0 Å². The van der Waals surface area contributed by atoms with Crippen LogP contribution in [0.4, 0.5) is 0 Å². The first-order valence-corrected chi connectivity index (χ1v) is 7.37. The topological polar surface area (TPSA) is 41.9 Å². The van der Waals surface area contributed by atoms with Gasteiger partial charge < -0.3 is 19.5 Å². The lowest BCUT2D eigenvalue weighted by atomic mass is 9.53. The van der Waals surface area contributed by atoms with Crippen LogP contribution in [0.3, 0.4) is 0 Å². The number of hydrogen-bond acceptors (Lipinski definition) is 4. The molecule has 2 aliphatic heterocycles. The molecule has 4 heteroatoms. The second-order valence-corrected chi connectivity index (χ2v) is 6.24. The molecule has 0 saturated carbocycles. The van der Waals surface area contributed by atoms with Crippen molar-refractivity contribution in [1.82, 2.24) is 4.90 Å². The fourth-order valence-corrected chi connectivity index (χ4v) is 4.52. The van der Waals surface area contributed by atoms with Gasteiger partial charge in [-0.15, -0.1) is 0 Å². The van der Waals surface area contributed by atoms with E-state index in [0.29, 0.717) is 5.56 Å². The van der Waals surface area contributed by atoms with Crippen LogP contribution in [0.15, 0.2) is 24.2 Å². The molecule has 4 nitrogen and oxygen atoms in total. The summed E-state index contributed by atoms with van der Waals surface area (Å²) in [6, 6.07) is -1.94. The molecular formula is C18H21NO3. The van der Waals surface area contributed by atoms with Crippen LogP contribution in [0.2, 0.25) is 0 Å². The van der Waals surface area contributed by atoms with E-state index in [9.17, 15) is 5.11 Å². The average molecular weight is 307 g/mol. The normalized spacial score (nSPS) is 52.5. The molecule has 2 aliphatic carbocycles. The van der Waals surface area contributed by atoms with E-state index >= 15 is 0 Å². The number of methoxy groups -OCH3 is 1. The maximum atomic E-state index is 10.8. The van der Waals surface area contributed by atoms with Crippen molar-refractivity contribution in [3.63, 3.8) is 0 Å². The van der Waals surface area contributed by atoms with Crippen LogP contribution in [-0.4, -0.2) is 48.9 Å². The Hall–Kier alpha value is -1.52. The number of likely N-dealkylation sites (N-methyl/N-ethyl adjacent to an activating group) is 1. The van der Waals surface area contributed by atoms with Crippen molar-refractivity contribution >= 4 is 0 Å². The number of aliphatic hydroxyl groups is 1. The SMILES string of the molecule is [2H]c1c([2H])c2c3c(c1OC)OC1C([2H])(O)C=C[C@H]4[C@H](N(C([2H])([2H])[2H])CC[C@]314)C2([2H])[2H]. The van der Waals surface area contributed by atoms with E-state index in [1.165, 1.54) is 19.3 Å². The zero-order valence-electron chi connectivity index (χ0n) is 20.0. The van der Waals surface area contributed by atoms with Gasteiger partial charge in [-0.25, -0.2) is 0 Å². The number of ether oxygens (including phenoxy) is 2. The lowest BCUT2D eigenvalue weighted by Crippen LogP contribution is -2.64. The molecule has 0 radical (unpaired) electrons. The average Bonchev–Trinajstić information content (AvgIpc) is 2.96. The number of hydrogen-bond donors (Lipinski definition) is 1. The minimum Gasteiger partial charge on any atom is -0.493 e. The summed E-state index contributed by atoms with van der Waals surface area (Å²) in [4.78, 5) is 1.13. The molecule has 1 saturated heterocycles. The molecule has 1 fully saturated rings. The van der Waals surface area contributed by atoms with Crippen molar-refractivity contribution in [2.75, 3.05) is 20.6 Å². The zero-order valence-corrected chi connectivity index (χ0v) is 12.0. The highest BCUT2D eigenvalue weighted by Crippen LogP contribution is 2.62. The number of likely N-dealkylation sites (tertiary alicyclic amines) is 1. The van der Waals surface area contributed by atoms with Gasteiger partial charge in [-0.2, -0.15) is 0 Å². The van der Waals surface area contributed by atoms with Crippen molar-refractivity contribution in [2.45, 2.75) is 36.4 Å². The molecule has 1 aromatic rings. The van der Waals surface area contributed by atoms with E-state index in [2.05, 4.69) is 0 Å². The third kappa shape index (κ3) is 1.28. The maximum Gasteiger partial charge on any atom is 0.165 e. The summed E-state index contributed by atoms with van der Waals surface area (Å²) in [5.41, 5.74) is -0.867. The molecule has 5 rings (SSSR count). The molecule has 0 amide bonds. The Bertz CT molecular complexity index is 991. The molecule has 2 bridgehead atoms. The number of piperidine rings is 1. The Labute approximate surface area is 141 Å². The molecule has 22 heavy (non-hydrogen) atoms. The van der Waals surface area contributed by atoms with Crippen molar-refractivity contribution in [1.29, 1.82) is 0 Å². The van der Waals surface area contributed by atoms with Crippen LogP contribution < -0.4 is 9.47 Å². The highest BCUT2D eigenvalue weighted by molar-refractivity contribution is 5.62. The van der Waals surface area contributed by atoms with Crippen LogP contribution in [-0.2, 0) is 11.8 Å². The predicted octanol–water partition coefficient (Wildman–Crippen LogP) is 1.50. The summed E-state index contributed by atoms with van der Waals surface area (Å²) in [5, 5.41) is 10.8. The van der Waals surface area contributed by atoms with Crippen molar-refractivity contribution in [2.24, 2.45) is 5.92 Å². The summed E-state index contributed by atoms with van der Waals surface area (Å²) in [6.07, 6.45) is -2.62. The lowest BCUT2D eigenvalue weighted by molar-refractivity contribution is -0.0453. The van der Waals surface area contributed by atoms with E-state index in [1.807, 2.05) is 0 Å². The van der Waals surface area contributed by atoms with Gasteiger partial charge in [0.05, 0.1) is 11.2 Å². The molecule has 2 heterocycles. The van der Waals surface area contributed by atoms with Crippen molar-refractivity contribution in [3.8, 4) is 11.5 Å². The Morgan fingerprint density at radius 3 is 3.32 bits per heavy atom. The Morgan fingerprint density at radius 2 is 2.50 bits per heavy atom. The van der Waals surface area contributed by atoms with Crippen LogP contribution in [0, 0.1) is 5.92 Å². The third-order valence-electron chi connectivity index (χ3n) is 5.43. The highest BCUT2D eigenvalue weighted by atomic mass is 16.5. The minimum atomic E-state index is -2.57. The fourth-order valence-electron chi connectivity index (χ4n) is 4.52. The summed E-state index contributed by atoms with van der Waals surface area (Å²) in [5.74, 6) is -0.668. The van der Waals surface area contributed by atoms with Gasteiger partial charge >= 0.3 is 0 Å². The van der Waals surface area contributed by atoms with E-state index in [0.717, 1.165) is 4.90 Å². The van der Waals surface area contributed by atoms with Gasteiger partial charge in [-0.1, -0.05) is 18.2 Å². The fraction of sp³-hybridized carbons (Fsp3) is 0.556. The standard InChI is InChI=1S/C18H21NO3/c1-19-8-7-18-11-4-5-13(20)17(18)22-16-14(21-2)6-3-10(15(16)18)9-12(11)19/h3-6,11-13,17,20H,7-9H2,1-2H3/t11-,12+,13?,17?,18-/m0/s1/i1D3,3D,6D,9D2,13D. The molecule has 1 spiro atoms. The van der Waals surface area contributed by atoms with Crippen molar-refractivity contribution < 1.29 is 25.5 Å². The highest BCUT2D eigenvalue weighted by Gasteiger charge is 2.64. The first-order chi connectivity index (χ1) is 13.8. The lowest BCUT2D eigenvalue weighted by Gasteiger charge is -2.56. The molecular weight excluding hydrogens is 278 g/mol. The van der Waals surface area contributed by atoms with Gasteiger partial charge in [-0.05, 0) is 37.9 Å². The molecule has 1 aromatic carbocycles. The van der Waals surface area contributed by atoms with Gasteiger partial charge in [0.2, 0.25) is 0 Å². The van der Waals surface area contributed by atoms with Gasteiger partial charge in [0.15, 0.2) is 11.5 Å². The van der Waals surface area contributed by atoms with Gasteiger partial charge in [0.1, 0.15) is 12.2 Å². The monoisotopic (exact) mass is 307 g/mol. The second kappa shape index (κ2) is 4.06. The number of rotatable bonds is 1. The number of nitrogens with zero attached hydrogens (tertiary/aromatic N) is 1. The Morgan fingerprint density at radius 1 is 1.59 bits per heavy atom. The van der Waals surface area contributed by atoms with Crippen LogP contribution in [0.1, 0.15) is 28.5 Å².